The normalized spacial score (nSPS) is 12.8. The van der Waals surface area contributed by atoms with Crippen LogP contribution < -0.4 is 5.32 Å². The number of carbonyl (C=O) groups excluding carboxylic acids is 1. The lowest BCUT2D eigenvalue weighted by Crippen LogP contribution is -2.44. The van der Waals surface area contributed by atoms with Gasteiger partial charge in [0.05, 0.1) is 0 Å². The largest absolute Gasteiger partial charge is 0.480 e. The first-order valence-corrected chi connectivity index (χ1v) is 8.50. The molecule has 0 radical (unpaired) electrons. The molecule has 1 heterocycles. The van der Waals surface area contributed by atoms with E-state index in [9.17, 15) is 14.7 Å². The van der Waals surface area contributed by atoms with E-state index < -0.39 is 23.7 Å². The number of alkyl carbamates (subject to hydrolysis) is 1. The molecule has 0 aliphatic carbocycles. The van der Waals surface area contributed by atoms with Crippen LogP contribution in [0.3, 0.4) is 0 Å². The molecule has 2 N–H and O–H groups in total. The SMILES string of the molecule is CCCn1cc(C[C@@H](NC(=O)OC(C)(C)C)C(=O)O)c2ccccc21. The highest BCUT2D eigenvalue weighted by Gasteiger charge is 2.25. The van der Waals surface area contributed by atoms with Gasteiger partial charge in [-0.2, -0.15) is 0 Å². The average Bonchev–Trinajstić information content (AvgIpc) is 2.83. The third-order valence-corrected chi connectivity index (χ3v) is 3.75. The Labute approximate surface area is 147 Å². The number of hydrogen-bond donors (Lipinski definition) is 2. The van der Waals surface area contributed by atoms with Crippen molar-refractivity contribution in [3.8, 4) is 0 Å². The Bertz CT molecular complexity index is 758. The van der Waals surface area contributed by atoms with Gasteiger partial charge in [-0.3, -0.25) is 0 Å². The van der Waals surface area contributed by atoms with E-state index in [0.29, 0.717) is 0 Å². The van der Waals surface area contributed by atoms with Crippen LogP contribution in [0, 0.1) is 0 Å². The lowest BCUT2D eigenvalue weighted by Gasteiger charge is -2.22. The standard InChI is InChI=1S/C19H26N2O4/c1-5-10-21-12-13(14-8-6-7-9-16(14)21)11-15(17(22)23)20-18(24)25-19(2,3)4/h6-9,12,15H,5,10-11H2,1-4H3,(H,20,24)(H,22,23)/t15-/m1/s1. The zero-order valence-corrected chi connectivity index (χ0v) is 15.2. The molecular weight excluding hydrogens is 320 g/mol. The van der Waals surface area contributed by atoms with E-state index in [1.807, 2.05) is 30.5 Å². The van der Waals surface area contributed by atoms with Crippen LogP contribution >= 0.6 is 0 Å². The van der Waals surface area contributed by atoms with Crippen molar-refractivity contribution in [2.45, 2.75) is 58.7 Å². The molecule has 0 saturated carbocycles. The number of amides is 1. The van der Waals surface area contributed by atoms with Gasteiger partial charge in [-0.05, 0) is 38.8 Å². The summed E-state index contributed by atoms with van der Waals surface area (Å²) in [6, 6.07) is 6.84. The van der Waals surface area contributed by atoms with Crippen molar-refractivity contribution in [2.24, 2.45) is 0 Å². The first-order chi connectivity index (χ1) is 11.7. The third kappa shape index (κ3) is 4.98. The van der Waals surface area contributed by atoms with Crippen LogP contribution in [0.2, 0.25) is 0 Å². The zero-order valence-electron chi connectivity index (χ0n) is 15.2. The number of hydrogen-bond acceptors (Lipinski definition) is 3. The minimum atomic E-state index is -1.09. The van der Waals surface area contributed by atoms with E-state index in [0.717, 1.165) is 29.4 Å². The molecule has 0 aliphatic rings. The summed E-state index contributed by atoms with van der Waals surface area (Å²) in [7, 11) is 0. The molecule has 25 heavy (non-hydrogen) atoms. The van der Waals surface area contributed by atoms with Crippen molar-refractivity contribution < 1.29 is 19.4 Å². The summed E-state index contributed by atoms with van der Waals surface area (Å²) >= 11 is 0. The highest BCUT2D eigenvalue weighted by molar-refractivity contribution is 5.86. The van der Waals surface area contributed by atoms with E-state index in [1.54, 1.807) is 20.8 Å². The van der Waals surface area contributed by atoms with E-state index in [-0.39, 0.29) is 6.42 Å². The predicted octanol–water partition coefficient (Wildman–Crippen LogP) is 3.57. The number of benzene rings is 1. The second kappa shape index (κ2) is 7.59. The number of aryl methyl sites for hydroxylation is 1. The molecular formula is C19H26N2O4. The van der Waals surface area contributed by atoms with Gasteiger partial charge in [0.25, 0.3) is 0 Å². The molecule has 0 unspecified atom stereocenters. The first-order valence-electron chi connectivity index (χ1n) is 8.50. The highest BCUT2D eigenvalue weighted by atomic mass is 16.6. The van der Waals surface area contributed by atoms with Crippen LogP contribution in [-0.2, 0) is 22.5 Å². The monoisotopic (exact) mass is 346 g/mol. The van der Waals surface area contributed by atoms with Gasteiger partial charge in [0.15, 0.2) is 0 Å². The van der Waals surface area contributed by atoms with Gasteiger partial charge in [-0.1, -0.05) is 25.1 Å². The number of para-hydroxylation sites is 1. The molecule has 6 nitrogen and oxygen atoms in total. The minimum absolute atomic E-state index is 0.200. The van der Waals surface area contributed by atoms with Crippen LogP contribution in [0.4, 0.5) is 4.79 Å². The number of fused-ring (bicyclic) bond motifs is 1. The molecule has 6 heteroatoms. The number of carboxylic acid groups (broad SMARTS) is 1. The Morgan fingerprint density at radius 1 is 1.28 bits per heavy atom. The highest BCUT2D eigenvalue weighted by Crippen LogP contribution is 2.23. The van der Waals surface area contributed by atoms with Gasteiger partial charge in [-0.15, -0.1) is 0 Å². The molecule has 0 fully saturated rings. The Morgan fingerprint density at radius 2 is 1.96 bits per heavy atom. The Morgan fingerprint density at radius 3 is 2.56 bits per heavy atom. The molecule has 136 valence electrons. The molecule has 0 aliphatic heterocycles. The maximum absolute atomic E-state index is 11.9. The third-order valence-electron chi connectivity index (χ3n) is 3.75. The molecule has 2 aromatic rings. The molecule has 1 aromatic heterocycles. The number of aliphatic carboxylic acids is 1. The Kier molecular flexibility index (Phi) is 5.72. The zero-order chi connectivity index (χ0) is 18.6. The van der Waals surface area contributed by atoms with E-state index in [1.165, 1.54) is 0 Å². The molecule has 2 rings (SSSR count). The van der Waals surface area contributed by atoms with Crippen LogP contribution in [0.15, 0.2) is 30.5 Å². The number of nitrogens with one attached hydrogen (secondary N) is 1. The smallest absolute Gasteiger partial charge is 0.408 e. The molecule has 1 aromatic carbocycles. The summed E-state index contributed by atoms with van der Waals surface area (Å²) in [5.74, 6) is -1.09. The van der Waals surface area contributed by atoms with Crippen LogP contribution in [-0.4, -0.2) is 33.4 Å². The quantitative estimate of drug-likeness (QED) is 0.838. The van der Waals surface area contributed by atoms with Crippen LogP contribution in [0.5, 0.6) is 0 Å². The van der Waals surface area contributed by atoms with Gasteiger partial charge >= 0.3 is 12.1 Å². The maximum Gasteiger partial charge on any atom is 0.408 e. The minimum Gasteiger partial charge on any atom is -0.480 e. The van der Waals surface area contributed by atoms with Crippen molar-refractivity contribution in [2.75, 3.05) is 0 Å². The number of carbonyl (C=O) groups is 2. The van der Waals surface area contributed by atoms with Gasteiger partial charge in [0.2, 0.25) is 0 Å². The van der Waals surface area contributed by atoms with Crippen molar-refractivity contribution in [3.05, 3.63) is 36.0 Å². The Balaban J connectivity index is 2.24. The topological polar surface area (TPSA) is 80.6 Å². The predicted molar refractivity (Wildman–Crippen MR) is 96.7 cm³/mol. The summed E-state index contributed by atoms with van der Waals surface area (Å²) in [5.41, 5.74) is 1.29. The molecule has 0 saturated heterocycles. The van der Waals surface area contributed by atoms with Crippen LogP contribution in [0.1, 0.15) is 39.7 Å². The van der Waals surface area contributed by atoms with Crippen molar-refractivity contribution in [3.63, 3.8) is 0 Å². The molecule has 0 spiro atoms. The molecule has 1 atom stereocenters. The number of ether oxygens (including phenoxy) is 1. The van der Waals surface area contributed by atoms with Gasteiger partial charge in [-0.25, -0.2) is 9.59 Å². The van der Waals surface area contributed by atoms with E-state index in [2.05, 4.69) is 16.8 Å². The average molecular weight is 346 g/mol. The summed E-state index contributed by atoms with van der Waals surface area (Å²) in [6.07, 6.45) is 2.43. The van der Waals surface area contributed by atoms with E-state index >= 15 is 0 Å². The number of aromatic nitrogens is 1. The van der Waals surface area contributed by atoms with Crippen molar-refractivity contribution in [1.82, 2.24) is 9.88 Å². The van der Waals surface area contributed by atoms with Gasteiger partial charge < -0.3 is 19.7 Å². The second-order valence-corrected chi connectivity index (χ2v) is 7.11. The number of carboxylic acids is 1. The van der Waals surface area contributed by atoms with Crippen molar-refractivity contribution in [1.29, 1.82) is 0 Å². The van der Waals surface area contributed by atoms with E-state index in [4.69, 9.17) is 4.74 Å². The summed E-state index contributed by atoms with van der Waals surface area (Å²) in [5, 5.41) is 13.0. The maximum atomic E-state index is 11.9. The Hall–Kier alpha value is -2.50. The summed E-state index contributed by atoms with van der Waals surface area (Å²) < 4.78 is 7.29. The lowest BCUT2D eigenvalue weighted by molar-refractivity contribution is -0.139. The van der Waals surface area contributed by atoms with Gasteiger partial charge in [0.1, 0.15) is 11.6 Å². The number of nitrogens with zero attached hydrogens (tertiary/aromatic N) is 1. The first kappa shape index (κ1) is 18.8. The summed E-state index contributed by atoms with van der Waals surface area (Å²) in [4.78, 5) is 23.5. The molecule has 0 bridgehead atoms. The molecule has 1 amide bonds. The fourth-order valence-corrected chi connectivity index (χ4v) is 2.78. The lowest BCUT2D eigenvalue weighted by atomic mass is 10.1. The number of rotatable bonds is 6. The fourth-order valence-electron chi connectivity index (χ4n) is 2.78. The van der Waals surface area contributed by atoms with Gasteiger partial charge in [0, 0.05) is 30.1 Å². The van der Waals surface area contributed by atoms with Crippen LogP contribution in [0.25, 0.3) is 10.9 Å². The second-order valence-electron chi connectivity index (χ2n) is 7.11. The fraction of sp³-hybridized carbons (Fsp3) is 0.474. The summed E-state index contributed by atoms with van der Waals surface area (Å²) in [6.45, 7) is 8.17. The van der Waals surface area contributed by atoms with Crippen molar-refractivity contribution >= 4 is 23.0 Å².